The number of benzene rings is 2. The van der Waals surface area contributed by atoms with Gasteiger partial charge in [-0.3, -0.25) is 4.79 Å². The van der Waals surface area contributed by atoms with Crippen molar-refractivity contribution >= 4 is 5.91 Å². The molecule has 1 aliphatic rings. The fourth-order valence-corrected chi connectivity index (χ4v) is 4.03. The van der Waals surface area contributed by atoms with Gasteiger partial charge in [0.1, 0.15) is 23.7 Å². The van der Waals surface area contributed by atoms with E-state index in [0.717, 1.165) is 17.2 Å². The molecule has 0 aliphatic carbocycles. The summed E-state index contributed by atoms with van der Waals surface area (Å²) in [4.78, 5) is 24.8. The van der Waals surface area contributed by atoms with Gasteiger partial charge in [0.05, 0.1) is 17.3 Å². The highest BCUT2D eigenvalue weighted by Gasteiger charge is 2.22. The minimum absolute atomic E-state index is 0.136. The van der Waals surface area contributed by atoms with Crippen LogP contribution in [0.3, 0.4) is 0 Å². The fourth-order valence-electron chi connectivity index (χ4n) is 4.03. The molecule has 0 bridgehead atoms. The van der Waals surface area contributed by atoms with Gasteiger partial charge < -0.3 is 11.1 Å². The average Bonchev–Trinajstić information content (AvgIpc) is 3.22. The largest absolute Gasteiger partial charge is 0.348 e. The SMILES string of the molecule is NC(Cc1cc(F)cc(F)c1)c1nc(C#Cc2cncnc2)ccc1-c1ccc2c(c1)C(=O)NC2. The quantitative estimate of drug-likeness (QED) is 0.447. The maximum absolute atomic E-state index is 13.8. The minimum atomic E-state index is -0.685. The van der Waals surface area contributed by atoms with Crippen molar-refractivity contribution in [3.05, 3.63) is 113 Å². The number of halogens is 2. The van der Waals surface area contributed by atoms with Gasteiger partial charge in [0.2, 0.25) is 0 Å². The molecule has 0 saturated carbocycles. The summed E-state index contributed by atoms with van der Waals surface area (Å²) in [6.45, 7) is 0.488. The second-order valence-corrected chi connectivity index (χ2v) is 8.15. The predicted octanol–water partition coefficient (Wildman–Crippen LogP) is 3.70. The highest BCUT2D eigenvalue weighted by Crippen LogP contribution is 2.31. The summed E-state index contributed by atoms with van der Waals surface area (Å²) in [5, 5.41) is 2.81. The summed E-state index contributed by atoms with van der Waals surface area (Å²) >= 11 is 0. The number of hydrogen-bond donors (Lipinski definition) is 2. The van der Waals surface area contributed by atoms with Gasteiger partial charge in [-0.15, -0.1) is 0 Å². The van der Waals surface area contributed by atoms with E-state index in [9.17, 15) is 13.6 Å². The maximum Gasteiger partial charge on any atom is 0.251 e. The van der Waals surface area contributed by atoms with Crippen LogP contribution in [-0.4, -0.2) is 20.9 Å². The molecule has 1 aliphatic heterocycles. The molecule has 0 radical (unpaired) electrons. The molecule has 1 atom stereocenters. The third-order valence-corrected chi connectivity index (χ3v) is 5.65. The molecular weight excluding hydrogens is 448 g/mol. The Kier molecular flexibility index (Phi) is 6.00. The molecule has 0 spiro atoms. The number of nitrogens with two attached hydrogens (primary N) is 1. The Bertz CT molecular complexity index is 1470. The Balaban J connectivity index is 1.56. The molecule has 35 heavy (non-hydrogen) atoms. The van der Waals surface area contributed by atoms with Gasteiger partial charge in [0, 0.05) is 36.1 Å². The van der Waals surface area contributed by atoms with E-state index < -0.39 is 17.7 Å². The first-order valence-corrected chi connectivity index (χ1v) is 10.9. The van der Waals surface area contributed by atoms with E-state index in [1.54, 1.807) is 24.5 Å². The van der Waals surface area contributed by atoms with E-state index in [4.69, 9.17) is 10.7 Å². The molecule has 6 nitrogen and oxygen atoms in total. The Morgan fingerprint density at radius 3 is 2.51 bits per heavy atom. The molecule has 4 aromatic rings. The molecule has 0 fully saturated rings. The van der Waals surface area contributed by atoms with E-state index in [0.29, 0.717) is 40.2 Å². The first kappa shape index (κ1) is 22.3. The highest BCUT2D eigenvalue weighted by molar-refractivity contribution is 5.99. The number of pyridine rings is 1. The molecule has 8 heteroatoms. The van der Waals surface area contributed by atoms with Crippen LogP contribution in [0.4, 0.5) is 8.78 Å². The van der Waals surface area contributed by atoms with Crippen molar-refractivity contribution in [2.45, 2.75) is 19.0 Å². The molecule has 0 saturated heterocycles. The monoisotopic (exact) mass is 467 g/mol. The number of fused-ring (bicyclic) bond motifs is 1. The molecule has 1 amide bonds. The molecule has 1 unspecified atom stereocenters. The molecule has 2 aromatic carbocycles. The van der Waals surface area contributed by atoms with Crippen molar-refractivity contribution in [2.24, 2.45) is 5.73 Å². The second-order valence-electron chi connectivity index (χ2n) is 8.15. The van der Waals surface area contributed by atoms with Crippen LogP contribution in [0.15, 0.2) is 67.3 Å². The van der Waals surface area contributed by atoms with Crippen LogP contribution >= 0.6 is 0 Å². The van der Waals surface area contributed by atoms with Gasteiger partial charge in [-0.2, -0.15) is 0 Å². The van der Waals surface area contributed by atoms with E-state index in [1.807, 2.05) is 18.2 Å². The van der Waals surface area contributed by atoms with Crippen LogP contribution in [0.25, 0.3) is 11.1 Å². The van der Waals surface area contributed by atoms with Crippen molar-refractivity contribution in [3.63, 3.8) is 0 Å². The Morgan fingerprint density at radius 2 is 1.74 bits per heavy atom. The van der Waals surface area contributed by atoms with Gasteiger partial charge in [0.15, 0.2) is 0 Å². The Hall–Kier alpha value is -4.48. The van der Waals surface area contributed by atoms with Gasteiger partial charge >= 0.3 is 0 Å². The van der Waals surface area contributed by atoms with Crippen molar-refractivity contribution < 1.29 is 13.6 Å². The average molecular weight is 467 g/mol. The third kappa shape index (κ3) is 4.90. The van der Waals surface area contributed by atoms with Crippen LogP contribution < -0.4 is 11.1 Å². The number of nitrogens with one attached hydrogen (secondary N) is 1. The summed E-state index contributed by atoms with van der Waals surface area (Å²) in [7, 11) is 0. The predicted molar refractivity (Wildman–Crippen MR) is 126 cm³/mol. The van der Waals surface area contributed by atoms with E-state index in [1.165, 1.54) is 18.5 Å². The lowest BCUT2D eigenvalue weighted by molar-refractivity contribution is 0.0966. The first-order valence-electron chi connectivity index (χ1n) is 10.9. The molecular formula is C27H19F2N5O. The van der Waals surface area contributed by atoms with E-state index in [-0.39, 0.29) is 12.3 Å². The molecule has 3 heterocycles. The standard InChI is InChI=1S/C27H19F2N5O/c28-20-7-17(8-21(29)11-20)9-25(30)26-23(18-2-3-19-14-33-27(35)24(19)10-18)6-5-22(34-26)4-1-16-12-31-15-32-13-16/h2-3,5-8,10-13,15,25H,9,14,30H2,(H,33,35). The number of amides is 1. The van der Waals surface area contributed by atoms with Gasteiger partial charge in [-0.25, -0.2) is 23.7 Å². The maximum atomic E-state index is 13.8. The van der Waals surface area contributed by atoms with Crippen molar-refractivity contribution in [1.82, 2.24) is 20.3 Å². The normalized spacial score (nSPS) is 12.9. The zero-order valence-corrected chi connectivity index (χ0v) is 18.4. The lowest BCUT2D eigenvalue weighted by atomic mass is 9.94. The molecule has 5 rings (SSSR count). The number of nitrogens with zero attached hydrogens (tertiary/aromatic N) is 3. The van der Waals surface area contributed by atoms with Crippen LogP contribution in [-0.2, 0) is 13.0 Å². The lowest BCUT2D eigenvalue weighted by Gasteiger charge is -2.17. The van der Waals surface area contributed by atoms with Gasteiger partial charge in [-0.1, -0.05) is 18.1 Å². The van der Waals surface area contributed by atoms with Gasteiger partial charge in [-0.05, 0) is 59.4 Å². The van der Waals surface area contributed by atoms with E-state index >= 15 is 0 Å². The molecule has 172 valence electrons. The van der Waals surface area contributed by atoms with Crippen LogP contribution in [0.2, 0.25) is 0 Å². The summed E-state index contributed by atoms with van der Waals surface area (Å²) < 4.78 is 27.5. The number of carbonyl (C=O) groups excluding carboxylic acids is 1. The fraction of sp³-hybridized carbons (Fsp3) is 0.111. The van der Waals surface area contributed by atoms with Crippen LogP contribution in [0.5, 0.6) is 0 Å². The van der Waals surface area contributed by atoms with Crippen molar-refractivity contribution in [1.29, 1.82) is 0 Å². The third-order valence-electron chi connectivity index (χ3n) is 5.65. The van der Waals surface area contributed by atoms with Crippen LogP contribution in [0.1, 0.15) is 44.5 Å². The number of carbonyl (C=O) groups is 1. The summed E-state index contributed by atoms with van der Waals surface area (Å²) in [6, 6.07) is 11.8. The lowest BCUT2D eigenvalue weighted by Crippen LogP contribution is -2.17. The zero-order valence-electron chi connectivity index (χ0n) is 18.4. The summed E-state index contributed by atoms with van der Waals surface area (Å²) in [6.07, 6.45) is 4.76. The number of aromatic nitrogens is 3. The second kappa shape index (κ2) is 9.41. The number of rotatable bonds is 4. The Labute approximate surface area is 200 Å². The summed E-state index contributed by atoms with van der Waals surface area (Å²) in [5.74, 6) is 4.47. The van der Waals surface area contributed by atoms with Crippen molar-refractivity contribution in [2.75, 3.05) is 0 Å². The molecule has 2 aromatic heterocycles. The van der Waals surface area contributed by atoms with Crippen molar-refractivity contribution in [3.8, 4) is 23.0 Å². The Morgan fingerprint density at radius 1 is 0.971 bits per heavy atom. The van der Waals surface area contributed by atoms with Crippen LogP contribution in [0, 0.1) is 23.5 Å². The van der Waals surface area contributed by atoms with E-state index in [2.05, 4.69) is 27.1 Å². The number of hydrogen-bond acceptors (Lipinski definition) is 5. The van der Waals surface area contributed by atoms with Gasteiger partial charge in [0.25, 0.3) is 5.91 Å². The minimum Gasteiger partial charge on any atom is -0.348 e. The smallest absolute Gasteiger partial charge is 0.251 e. The topological polar surface area (TPSA) is 93.8 Å². The zero-order chi connectivity index (χ0) is 24.4. The summed E-state index contributed by atoms with van der Waals surface area (Å²) in [5.41, 5.74) is 11.5. The molecule has 3 N–H and O–H groups in total. The first-order chi connectivity index (χ1) is 17.0. The highest BCUT2D eigenvalue weighted by atomic mass is 19.1.